The fraction of sp³-hybridized carbons (Fsp3) is 0.385. The van der Waals surface area contributed by atoms with E-state index in [0.717, 1.165) is 42.6 Å². The monoisotopic (exact) mass is 437 g/mol. The van der Waals surface area contributed by atoms with E-state index in [-0.39, 0.29) is 5.97 Å². The van der Waals surface area contributed by atoms with Crippen molar-refractivity contribution >= 4 is 17.6 Å². The number of carbonyl (C=O) groups excluding carboxylic acids is 1. The number of carbonyl (C=O) groups is 1. The van der Waals surface area contributed by atoms with Crippen LogP contribution in [0.25, 0.3) is 11.6 Å². The lowest BCUT2D eigenvalue weighted by atomic mass is 10.0. The van der Waals surface area contributed by atoms with E-state index in [2.05, 4.69) is 6.07 Å². The molecular formula is C26H31NO5. The minimum atomic E-state index is -0.122. The molecule has 32 heavy (non-hydrogen) atoms. The topological polar surface area (TPSA) is 77.8 Å². The number of esters is 1. The van der Waals surface area contributed by atoms with Crippen LogP contribution in [0.1, 0.15) is 50.2 Å². The molecule has 6 nitrogen and oxygen atoms in total. The van der Waals surface area contributed by atoms with Gasteiger partial charge >= 0.3 is 5.97 Å². The molecule has 0 saturated carbocycles. The normalized spacial score (nSPS) is 10.9. The Bertz CT molecular complexity index is 928. The number of nitriles is 1. The maximum atomic E-state index is 11.3. The van der Waals surface area contributed by atoms with Crippen molar-refractivity contribution in [2.24, 2.45) is 0 Å². The van der Waals surface area contributed by atoms with Gasteiger partial charge < -0.3 is 18.9 Å². The Balaban J connectivity index is 1.84. The zero-order valence-electron chi connectivity index (χ0n) is 19.1. The Hall–Kier alpha value is -3.46. The van der Waals surface area contributed by atoms with E-state index in [1.54, 1.807) is 26.4 Å². The summed E-state index contributed by atoms with van der Waals surface area (Å²) in [6.45, 7) is 2.89. The quantitative estimate of drug-likeness (QED) is 0.174. The van der Waals surface area contributed by atoms with Crippen molar-refractivity contribution in [1.82, 2.24) is 0 Å². The maximum Gasteiger partial charge on any atom is 0.305 e. The number of benzene rings is 2. The van der Waals surface area contributed by atoms with Crippen LogP contribution in [0, 0.1) is 11.3 Å². The maximum absolute atomic E-state index is 11.3. The van der Waals surface area contributed by atoms with Crippen LogP contribution in [0.3, 0.4) is 0 Å². The first-order valence-corrected chi connectivity index (χ1v) is 10.8. The lowest BCUT2D eigenvalue weighted by molar-refractivity contribution is -0.143. The number of allylic oxidation sites excluding steroid dienone is 1. The molecule has 0 atom stereocenters. The molecule has 0 saturated heterocycles. The highest BCUT2D eigenvalue weighted by atomic mass is 16.5. The van der Waals surface area contributed by atoms with Crippen molar-refractivity contribution in [3.63, 3.8) is 0 Å². The number of unbranched alkanes of at least 4 members (excludes halogenated alkanes) is 3. The Labute approximate surface area is 190 Å². The van der Waals surface area contributed by atoms with Crippen LogP contribution in [-0.2, 0) is 9.53 Å². The Kier molecular flexibility index (Phi) is 10.7. The van der Waals surface area contributed by atoms with Crippen LogP contribution >= 0.6 is 0 Å². The second-order valence-electron chi connectivity index (χ2n) is 7.13. The molecule has 0 fully saturated rings. The van der Waals surface area contributed by atoms with E-state index >= 15 is 0 Å². The Morgan fingerprint density at radius 3 is 2.34 bits per heavy atom. The first kappa shape index (κ1) is 24.8. The third-order valence-electron chi connectivity index (χ3n) is 4.86. The summed E-state index contributed by atoms with van der Waals surface area (Å²) >= 11 is 0. The summed E-state index contributed by atoms with van der Waals surface area (Å²) in [5, 5.41) is 9.61. The Morgan fingerprint density at radius 1 is 0.969 bits per heavy atom. The van der Waals surface area contributed by atoms with Gasteiger partial charge in [0.25, 0.3) is 0 Å². The van der Waals surface area contributed by atoms with Gasteiger partial charge in [-0.2, -0.15) is 5.26 Å². The third-order valence-corrected chi connectivity index (χ3v) is 4.86. The molecule has 0 aliphatic rings. The van der Waals surface area contributed by atoms with Crippen LogP contribution < -0.4 is 14.2 Å². The van der Waals surface area contributed by atoms with Crippen LogP contribution in [0.15, 0.2) is 42.5 Å². The van der Waals surface area contributed by atoms with Gasteiger partial charge in [0.2, 0.25) is 0 Å². The minimum absolute atomic E-state index is 0.122. The van der Waals surface area contributed by atoms with E-state index in [9.17, 15) is 10.1 Å². The van der Waals surface area contributed by atoms with Crippen LogP contribution in [0.2, 0.25) is 0 Å². The smallest absolute Gasteiger partial charge is 0.305 e. The van der Waals surface area contributed by atoms with Gasteiger partial charge in [-0.1, -0.05) is 25.0 Å². The SMILES string of the molecule is CCOC(=O)CCCCCCOc1ccc(C=C(C#N)c2ccc(OC)c(OC)c2)cc1. The summed E-state index contributed by atoms with van der Waals surface area (Å²) in [4.78, 5) is 11.3. The van der Waals surface area contributed by atoms with Gasteiger partial charge in [-0.05, 0) is 67.3 Å². The number of nitrogens with zero attached hydrogens (tertiary/aromatic N) is 1. The molecule has 0 heterocycles. The average Bonchev–Trinajstić information content (AvgIpc) is 2.82. The molecule has 0 amide bonds. The number of hydrogen-bond acceptors (Lipinski definition) is 6. The fourth-order valence-corrected chi connectivity index (χ4v) is 3.16. The molecule has 2 aromatic carbocycles. The van der Waals surface area contributed by atoms with E-state index in [4.69, 9.17) is 18.9 Å². The lowest BCUT2D eigenvalue weighted by Crippen LogP contribution is -2.03. The van der Waals surface area contributed by atoms with Crippen molar-refractivity contribution in [3.8, 4) is 23.3 Å². The van der Waals surface area contributed by atoms with Gasteiger partial charge in [0.05, 0.1) is 39.1 Å². The van der Waals surface area contributed by atoms with Crippen molar-refractivity contribution in [3.05, 3.63) is 53.6 Å². The molecule has 0 aliphatic carbocycles. The standard InChI is InChI=1S/C26H31NO5/c1-4-31-26(28)9-7-5-6-8-16-32-23-13-10-20(11-14-23)17-22(19-27)21-12-15-24(29-2)25(18-21)30-3/h10-15,17-18H,4-9,16H2,1-3H3. The number of methoxy groups -OCH3 is 2. The van der Waals surface area contributed by atoms with Crippen molar-refractivity contribution in [2.75, 3.05) is 27.4 Å². The second-order valence-corrected chi connectivity index (χ2v) is 7.13. The fourth-order valence-electron chi connectivity index (χ4n) is 3.16. The Morgan fingerprint density at radius 2 is 1.69 bits per heavy atom. The van der Waals surface area contributed by atoms with Gasteiger partial charge in [-0.15, -0.1) is 0 Å². The summed E-state index contributed by atoms with van der Waals surface area (Å²) < 4.78 is 21.3. The van der Waals surface area contributed by atoms with E-state index < -0.39 is 0 Å². The van der Waals surface area contributed by atoms with Gasteiger partial charge in [-0.25, -0.2) is 0 Å². The van der Waals surface area contributed by atoms with Crippen molar-refractivity contribution in [1.29, 1.82) is 5.26 Å². The number of rotatable bonds is 13. The van der Waals surface area contributed by atoms with Crippen LogP contribution in [0.5, 0.6) is 17.2 Å². The lowest BCUT2D eigenvalue weighted by Gasteiger charge is -2.09. The average molecular weight is 438 g/mol. The summed E-state index contributed by atoms with van der Waals surface area (Å²) in [5.74, 6) is 1.87. The number of hydrogen-bond donors (Lipinski definition) is 0. The molecule has 0 radical (unpaired) electrons. The van der Waals surface area contributed by atoms with Crippen LogP contribution in [0.4, 0.5) is 0 Å². The molecule has 0 bridgehead atoms. The van der Waals surface area contributed by atoms with Gasteiger partial charge in [-0.3, -0.25) is 4.79 Å². The molecule has 0 unspecified atom stereocenters. The molecule has 170 valence electrons. The molecule has 0 aliphatic heterocycles. The molecule has 2 aromatic rings. The van der Waals surface area contributed by atoms with Gasteiger partial charge in [0.1, 0.15) is 5.75 Å². The zero-order valence-corrected chi connectivity index (χ0v) is 19.1. The highest BCUT2D eigenvalue weighted by Crippen LogP contribution is 2.31. The summed E-state index contributed by atoms with van der Waals surface area (Å²) in [7, 11) is 3.15. The molecule has 0 aromatic heterocycles. The summed E-state index contributed by atoms with van der Waals surface area (Å²) in [5.41, 5.74) is 2.19. The van der Waals surface area contributed by atoms with Crippen molar-refractivity contribution < 1.29 is 23.7 Å². The largest absolute Gasteiger partial charge is 0.494 e. The van der Waals surface area contributed by atoms with Crippen LogP contribution in [-0.4, -0.2) is 33.4 Å². The predicted octanol–water partition coefficient (Wildman–Crippen LogP) is 5.66. The van der Waals surface area contributed by atoms with E-state index in [1.165, 1.54) is 0 Å². The van der Waals surface area contributed by atoms with E-state index in [1.807, 2.05) is 43.3 Å². The molecule has 0 N–H and O–H groups in total. The summed E-state index contributed by atoms with van der Waals surface area (Å²) in [6.07, 6.45) is 6.09. The third kappa shape index (κ3) is 7.99. The molecule has 0 spiro atoms. The first-order chi connectivity index (χ1) is 15.6. The number of ether oxygens (including phenoxy) is 4. The van der Waals surface area contributed by atoms with Gasteiger partial charge in [0, 0.05) is 6.42 Å². The predicted molar refractivity (Wildman–Crippen MR) is 125 cm³/mol. The molecule has 2 rings (SSSR count). The highest BCUT2D eigenvalue weighted by Gasteiger charge is 2.08. The zero-order chi connectivity index (χ0) is 23.2. The van der Waals surface area contributed by atoms with E-state index in [0.29, 0.717) is 36.7 Å². The first-order valence-electron chi connectivity index (χ1n) is 10.8. The minimum Gasteiger partial charge on any atom is -0.494 e. The summed E-state index contributed by atoms with van der Waals surface area (Å²) in [6, 6.07) is 15.3. The molecular weight excluding hydrogens is 406 g/mol. The van der Waals surface area contributed by atoms with Crippen molar-refractivity contribution in [2.45, 2.75) is 39.0 Å². The highest BCUT2D eigenvalue weighted by molar-refractivity contribution is 5.90. The molecule has 6 heteroatoms. The second kappa shape index (κ2) is 13.8. The van der Waals surface area contributed by atoms with Gasteiger partial charge in [0.15, 0.2) is 11.5 Å².